The van der Waals surface area contributed by atoms with Crippen molar-refractivity contribution in [2.75, 3.05) is 11.6 Å². The SMILES string of the molecule is CCc1ccc(COc2cccc(N(C[C@H](O)C(F)(F)F)Oc3cccc(C(F)(F)C(F)(F)C(F)(F)F)c3)c2)cc1. The van der Waals surface area contributed by atoms with Crippen LogP contribution in [0.3, 0.4) is 0 Å². The second kappa shape index (κ2) is 12.0. The zero-order chi connectivity index (χ0) is 30.6. The number of halogens is 10. The van der Waals surface area contributed by atoms with Gasteiger partial charge in [0.05, 0.1) is 12.2 Å². The standard InChI is InChI=1S/C27H23F10NO3/c1-2-17-9-11-18(12-10-17)16-40-21-7-4-6-20(14-21)38(15-23(39)25(30,31)32)41-22-8-3-5-19(13-22)24(28,29)26(33,34)27(35,36)37/h3-14,23,39H,2,15-16H2,1H3/t23-/m0/s1. The molecule has 0 aromatic heterocycles. The quantitative estimate of drug-likeness (QED) is 0.180. The number of alkyl halides is 10. The molecule has 0 unspecified atom stereocenters. The van der Waals surface area contributed by atoms with Gasteiger partial charge in [0.15, 0.2) is 11.9 Å². The first kappa shape index (κ1) is 31.8. The summed E-state index contributed by atoms with van der Waals surface area (Å²) in [7, 11) is 0. The average Bonchev–Trinajstić information content (AvgIpc) is 2.91. The molecule has 41 heavy (non-hydrogen) atoms. The number of benzene rings is 3. The largest absolute Gasteiger partial charge is 0.489 e. The van der Waals surface area contributed by atoms with Crippen molar-refractivity contribution in [2.24, 2.45) is 0 Å². The molecule has 1 N–H and O–H groups in total. The van der Waals surface area contributed by atoms with E-state index in [1.54, 1.807) is 0 Å². The zero-order valence-corrected chi connectivity index (χ0v) is 21.1. The molecule has 0 radical (unpaired) electrons. The molecule has 0 fully saturated rings. The lowest BCUT2D eigenvalue weighted by Crippen LogP contribution is -2.50. The minimum Gasteiger partial charge on any atom is -0.489 e. The van der Waals surface area contributed by atoms with Gasteiger partial charge in [-0.3, -0.25) is 0 Å². The van der Waals surface area contributed by atoms with Crippen LogP contribution in [0.15, 0.2) is 72.8 Å². The predicted molar refractivity (Wildman–Crippen MR) is 128 cm³/mol. The lowest BCUT2D eigenvalue weighted by Gasteiger charge is -2.30. The van der Waals surface area contributed by atoms with E-state index in [-0.39, 0.29) is 30.2 Å². The summed E-state index contributed by atoms with van der Waals surface area (Å²) in [4.78, 5) is 5.20. The van der Waals surface area contributed by atoms with Crippen LogP contribution >= 0.6 is 0 Å². The van der Waals surface area contributed by atoms with Crippen LogP contribution in [0, 0.1) is 0 Å². The van der Waals surface area contributed by atoms with Crippen molar-refractivity contribution >= 4 is 5.69 Å². The van der Waals surface area contributed by atoms with Gasteiger partial charge in [0, 0.05) is 11.6 Å². The topological polar surface area (TPSA) is 41.9 Å². The number of hydrogen-bond donors (Lipinski definition) is 1. The number of aliphatic hydroxyl groups excluding tert-OH is 1. The summed E-state index contributed by atoms with van der Waals surface area (Å²) >= 11 is 0. The third kappa shape index (κ3) is 7.54. The van der Waals surface area contributed by atoms with Gasteiger partial charge in [-0.1, -0.05) is 49.4 Å². The normalized spacial score (nSPS) is 13.6. The first-order valence-electron chi connectivity index (χ1n) is 11.9. The summed E-state index contributed by atoms with van der Waals surface area (Å²) in [5.74, 6) is -12.9. The van der Waals surface area contributed by atoms with Crippen molar-refractivity contribution in [3.8, 4) is 11.5 Å². The molecular formula is C27H23F10NO3. The van der Waals surface area contributed by atoms with Gasteiger partial charge >= 0.3 is 24.2 Å². The summed E-state index contributed by atoms with van der Waals surface area (Å²) < 4.78 is 138. The first-order valence-corrected chi connectivity index (χ1v) is 11.9. The first-order chi connectivity index (χ1) is 19.0. The molecule has 0 bridgehead atoms. The van der Waals surface area contributed by atoms with Gasteiger partial charge in [-0.2, -0.15) is 43.9 Å². The average molecular weight is 599 g/mol. The molecule has 0 spiro atoms. The number of ether oxygens (including phenoxy) is 1. The molecule has 1 atom stereocenters. The predicted octanol–water partition coefficient (Wildman–Crippen LogP) is 7.84. The Hall–Kier alpha value is -3.68. The van der Waals surface area contributed by atoms with Crippen LogP contribution in [0.1, 0.15) is 23.6 Å². The molecule has 0 heterocycles. The van der Waals surface area contributed by atoms with Crippen LogP contribution in [0.25, 0.3) is 0 Å². The summed E-state index contributed by atoms with van der Waals surface area (Å²) in [6, 6.07) is 14.5. The second-order valence-corrected chi connectivity index (χ2v) is 8.84. The van der Waals surface area contributed by atoms with E-state index in [2.05, 4.69) is 0 Å². The molecule has 3 rings (SSSR count). The molecule has 0 amide bonds. The van der Waals surface area contributed by atoms with E-state index in [0.717, 1.165) is 23.6 Å². The Morgan fingerprint density at radius 3 is 1.93 bits per heavy atom. The number of hydroxylamine groups is 1. The van der Waals surface area contributed by atoms with Gasteiger partial charge in [-0.25, -0.2) is 5.06 Å². The molecule has 0 aliphatic carbocycles. The van der Waals surface area contributed by atoms with Crippen LogP contribution < -0.4 is 14.6 Å². The van der Waals surface area contributed by atoms with Crippen molar-refractivity contribution in [1.82, 2.24) is 0 Å². The van der Waals surface area contributed by atoms with E-state index in [4.69, 9.17) is 9.57 Å². The van der Waals surface area contributed by atoms with Crippen LogP contribution in [-0.2, 0) is 19.0 Å². The van der Waals surface area contributed by atoms with Crippen molar-refractivity contribution in [3.63, 3.8) is 0 Å². The maximum absolute atomic E-state index is 14.2. The lowest BCUT2D eigenvalue weighted by atomic mass is 10.0. The molecule has 0 aliphatic rings. The van der Waals surface area contributed by atoms with Crippen LogP contribution in [0.4, 0.5) is 49.6 Å². The molecule has 0 aliphatic heterocycles. The fourth-order valence-electron chi connectivity index (χ4n) is 3.46. The Morgan fingerprint density at radius 1 is 0.756 bits per heavy atom. The van der Waals surface area contributed by atoms with Crippen LogP contribution in [0.5, 0.6) is 11.5 Å². The van der Waals surface area contributed by atoms with E-state index in [1.807, 2.05) is 31.2 Å². The lowest BCUT2D eigenvalue weighted by molar-refractivity contribution is -0.359. The second-order valence-electron chi connectivity index (χ2n) is 8.84. The zero-order valence-electron chi connectivity index (χ0n) is 21.1. The number of aryl methyl sites for hydroxylation is 1. The van der Waals surface area contributed by atoms with Crippen molar-refractivity contribution in [3.05, 3.63) is 89.5 Å². The van der Waals surface area contributed by atoms with Crippen molar-refractivity contribution in [2.45, 2.75) is 50.3 Å². The number of hydrogen-bond acceptors (Lipinski definition) is 4. The molecule has 0 saturated heterocycles. The van der Waals surface area contributed by atoms with E-state index in [1.165, 1.54) is 24.3 Å². The Balaban J connectivity index is 1.90. The smallest absolute Gasteiger partial charge is 0.460 e. The van der Waals surface area contributed by atoms with Gasteiger partial charge in [-0.05, 0) is 41.8 Å². The number of nitrogens with zero attached hydrogens (tertiary/aromatic N) is 1. The van der Waals surface area contributed by atoms with E-state index in [9.17, 15) is 49.0 Å². The fraction of sp³-hybridized carbons (Fsp3) is 0.333. The van der Waals surface area contributed by atoms with E-state index in [0.29, 0.717) is 11.1 Å². The maximum atomic E-state index is 14.2. The van der Waals surface area contributed by atoms with E-state index >= 15 is 0 Å². The fourth-order valence-corrected chi connectivity index (χ4v) is 3.46. The monoisotopic (exact) mass is 599 g/mol. The highest BCUT2D eigenvalue weighted by Gasteiger charge is 2.73. The molecule has 3 aromatic rings. The number of anilines is 1. The third-order valence-electron chi connectivity index (χ3n) is 5.82. The van der Waals surface area contributed by atoms with Crippen LogP contribution in [-0.4, -0.2) is 36.0 Å². The highest BCUT2D eigenvalue weighted by atomic mass is 19.4. The van der Waals surface area contributed by atoms with Crippen molar-refractivity contribution in [1.29, 1.82) is 0 Å². The highest BCUT2D eigenvalue weighted by molar-refractivity contribution is 5.50. The summed E-state index contributed by atoms with van der Waals surface area (Å²) in [6.45, 7) is 0.703. The summed E-state index contributed by atoms with van der Waals surface area (Å²) in [5, 5.41) is 10.0. The molecule has 14 heteroatoms. The highest BCUT2D eigenvalue weighted by Crippen LogP contribution is 2.52. The summed E-state index contributed by atoms with van der Waals surface area (Å²) in [6.07, 6.45) is -14.0. The van der Waals surface area contributed by atoms with Gasteiger partial charge in [0.25, 0.3) is 0 Å². The molecule has 3 aromatic carbocycles. The van der Waals surface area contributed by atoms with Gasteiger partial charge in [-0.15, -0.1) is 0 Å². The van der Waals surface area contributed by atoms with Crippen LogP contribution in [0.2, 0.25) is 0 Å². The van der Waals surface area contributed by atoms with Gasteiger partial charge in [0.2, 0.25) is 0 Å². The number of aliphatic hydroxyl groups is 1. The number of rotatable bonds is 11. The van der Waals surface area contributed by atoms with Gasteiger partial charge in [0.1, 0.15) is 12.4 Å². The maximum Gasteiger partial charge on any atom is 0.460 e. The molecule has 224 valence electrons. The van der Waals surface area contributed by atoms with E-state index < -0.39 is 48.2 Å². The Bertz CT molecular complexity index is 1290. The van der Waals surface area contributed by atoms with Gasteiger partial charge < -0.3 is 14.7 Å². The molecule has 4 nitrogen and oxygen atoms in total. The Morgan fingerprint density at radius 2 is 1.34 bits per heavy atom. The molecule has 0 saturated carbocycles. The minimum absolute atomic E-state index is 0.0595. The Kier molecular flexibility index (Phi) is 9.36. The summed E-state index contributed by atoms with van der Waals surface area (Å²) in [5.41, 5.74) is -0.151. The molecular weight excluding hydrogens is 576 g/mol. The minimum atomic E-state index is -6.60. The Labute approximate surface area is 227 Å². The van der Waals surface area contributed by atoms with Crippen molar-refractivity contribution < 1.29 is 58.6 Å². The third-order valence-corrected chi connectivity index (χ3v) is 5.82.